The number of guanidine groups is 1. The van der Waals surface area contributed by atoms with Gasteiger partial charge in [-0.3, -0.25) is 19.5 Å². The predicted octanol–water partition coefficient (Wildman–Crippen LogP) is 0.240. The van der Waals surface area contributed by atoms with Gasteiger partial charge in [0.1, 0.15) is 6.04 Å². The lowest BCUT2D eigenvalue weighted by Crippen LogP contribution is -2.62. The Balaban J connectivity index is 1.78. The second-order valence-electron chi connectivity index (χ2n) is 7.73. The van der Waals surface area contributed by atoms with Crippen LogP contribution in [-0.4, -0.2) is 60.3 Å². The standard InChI is InChI=1S/C19H36N6O2/c20-11-5-3-1-2-4-8-17(26)15-13-25(14-9-10-14)16(18(27)24-15)7-6-12-23-19(21)22/h14-16H,1-13,20H2,(H,24,27)(H4,21,22,23)/t15-,16+/m1/s1. The SMILES string of the molecule is NCCCCCCCC(=O)[C@H]1CN(C2CC2)[C@@H](CCCN=C(N)N)C(=O)N1. The van der Waals surface area contributed by atoms with Gasteiger partial charge in [0.15, 0.2) is 11.7 Å². The minimum atomic E-state index is -0.365. The minimum absolute atomic E-state index is 0.0286. The van der Waals surface area contributed by atoms with Crippen molar-refractivity contribution in [1.29, 1.82) is 0 Å². The summed E-state index contributed by atoms with van der Waals surface area (Å²) in [6, 6.07) is -0.0983. The van der Waals surface area contributed by atoms with E-state index in [0.717, 1.165) is 57.9 Å². The average Bonchev–Trinajstić information content (AvgIpc) is 3.47. The number of hydrogen-bond donors (Lipinski definition) is 4. The fourth-order valence-electron chi connectivity index (χ4n) is 3.73. The van der Waals surface area contributed by atoms with Crippen molar-refractivity contribution < 1.29 is 9.59 Å². The maximum atomic E-state index is 12.6. The molecule has 1 aliphatic carbocycles. The van der Waals surface area contributed by atoms with E-state index in [1.54, 1.807) is 0 Å². The zero-order chi connectivity index (χ0) is 19.6. The number of carbonyl (C=O) groups is 2. The molecule has 2 rings (SSSR count). The summed E-state index contributed by atoms with van der Waals surface area (Å²) in [5.74, 6) is 0.210. The van der Waals surface area contributed by atoms with E-state index in [1.807, 2.05) is 0 Å². The van der Waals surface area contributed by atoms with E-state index in [1.165, 1.54) is 0 Å². The van der Waals surface area contributed by atoms with Crippen LogP contribution in [0.15, 0.2) is 4.99 Å². The van der Waals surface area contributed by atoms with Crippen molar-refractivity contribution in [3.8, 4) is 0 Å². The van der Waals surface area contributed by atoms with E-state index < -0.39 is 0 Å². The molecule has 1 amide bonds. The van der Waals surface area contributed by atoms with Crippen molar-refractivity contribution in [1.82, 2.24) is 10.2 Å². The fourth-order valence-corrected chi connectivity index (χ4v) is 3.73. The Kier molecular flexibility index (Phi) is 9.00. The summed E-state index contributed by atoms with van der Waals surface area (Å²) < 4.78 is 0. The molecule has 27 heavy (non-hydrogen) atoms. The highest BCUT2D eigenvalue weighted by molar-refractivity contribution is 5.92. The van der Waals surface area contributed by atoms with E-state index >= 15 is 0 Å². The largest absolute Gasteiger partial charge is 0.370 e. The van der Waals surface area contributed by atoms with Crippen LogP contribution >= 0.6 is 0 Å². The van der Waals surface area contributed by atoms with Gasteiger partial charge in [-0.2, -0.15) is 0 Å². The van der Waals surface area contributed by atoms with Crippen LogP contribution in [0, 0.1) is 0 Å². The predicted molar refractivity (Wildman–Crippen MR) is 107 cm³/mol. The number of nitrogens with one attached hydrogen (secondary N) is 1. The van der Waals surface area contributed by atoms with Crippen molar-refractivity contribution in [2.45, 2.75) is 82.3 Å². The Morgan fingerprint density at radius 2 is 1.81 bits per heavy atom. The molecule has 0 aromatic carbocycles. The lowest BCUT2D eigenvalue weighted by molar-refractivity contribution is -0.136. The van der Waals surface area contributed by atoms with Crippen LogP contribution in [0.25, 0.3) is 0 Å². The highest BCUT2D eigenvalue weighted by Crippen LogP contribution is 2.31. The van der Waals surface area contributed by atoms with Crippen LogP contribution in [-0.2, 0) is 9.59 Å². The molecule has 154 valence electrons. The van der Waals surface area contributed by atoms with Gasteiger partial charge in [-0.25, -0.2) is 0 Å². The van der Waals surface area contributed by atoms with Gasteiger partial charge in [-0.15, -0.1) is 0 Å². The van der Waals surface area contributed by atoms with E-state index in [9.17, 15) is 9.59 Å². The van der Waals surface area contributed by atoms with Crippen LogP contribution in [0.3, 0.4) is 0 Å². The van der Waals surface area contributed by atoms with E-state index in [4.69, 9.17) is 17.2 Å². The normalized spacial score (nSPS) is 23.1. The van der Waals surface area contributed by atoms with Crippen LogP contribution < -0.4 is 22.5 Å². The molecule has 7 N–H and O–H groups in total. The molecule has 1 aliphatic heterocycles. The summed E-state index contributed by atoms with van der Waals surface area (Å²) in [6.07, 6.45) is 9.46. The Labute approximate surface area is 162 Å². The summed E-state index contributed by atoms with van der Waals surface area (Å²) in [5, 5.41) is 2.96. The van der Waals surface area contributed by atoms with Gasteiger partial charge in [0.05, 0.1) is 6.04 Å². The van der Waals surface area contributed by atoms with Crippen LogP contribution in [0.2, 0.25) is 0 Å². The summed E-state index contributed by atoms with van der Waals surface area (Å²) in [5.41, 5.74) is 16.2. The van der Waals surface area contributed by atoms with Gasteiger partial charge in [0.25, 0.3) is 0 Å². The second kappa shape index (κ2) is 11.2. The molecule has 0 unspecified atom stereocenters. The zero-order valence-electron chi connectivity index (χ0n) is 16.4. The maximum Gasteiger partial charge on any atom is 0.237 e. The molecule has 1 saturated carbocycles. The van der Waals surface area contributed by atoms with Crippen LogP contribution in [0.1, 0.15) is 64.2 Å². The molecule has 0 bridgehead atoms. The molecule has 2 atom stereocenters. The Morgan fingerprint density at radius 3 is 2.48 bits per heavy atom. The lowest BCUT2D eigenvalue weighted by Gasteiger charge is -2.39. The third kappa shape index (κ3) is 7.46. The monoisotopic (exact) mass is 380 g/mol. The van der Waals surface area contributed by atoms with Gasteiger partial charge >= 0.3 is 0 Å². The highest BCUT2D eigenvalue weighted by atomic mass is 16.2. The number of Topliss-reactive ketones (excluding diaryl/α,β-unsaturated/α-hetero) is 1. The number of piperazine rings is 1. The topological polar surface area (TPSA) is 140 Å². The second-order valence-corrected chi connectivity index (χ2v) is 7.73. The molecular weight excluding hydrogens is 344 g/mol. The number of rotatable bonds is 13. The van der Waals surface area contributed by atoms with Crippen molar-refractivity contribution >= 4 is 17.6 Å². The van der Waals surface area contributed by atoms with E-state index in [-0.39, 0.29) is 29.7 Å². The molecule has 0 aromatic rings. The Hall–Kier alpha value is -1.67. The first-order chi connectivity index (χ1) is 13.0. The van der Waals surface area contributed by atoms with Gasteiger partial charge in [0, 0.05) is 25.6 Å². The van der Waals surface area contributed by atoms with Gasteiger partial charge in [0.2, 0.25) is 5.91 Å². The lowest BCUT2D eigenvalue weighted by atomic mass is 9.98. The zero-order valence-corrected chi connectivity index (χ0v) is 16.4. The minimum Gasteiger partial charge on any atom is -0.370 e. The number of unbranched alkanes of at least 4 members (excludes halogenated alkanes) is 4. The molecule has 1 heterocycles. The number of amides is 1. The number of hydrogen-bond acceptors (Lipinski definition) is 5. The van der Waals surface area contributed by atoms with E-state index in [0.29, 0.717) is 32.0 Å². The van der Waals surface area contributed by atoms with Crippen molar-refractivity contribution in [2.24, 2.45) is 22.2 Å². The Morgan fingerprint density at radius 1 is 1.11 bits per heavy atom. The first kappa shape index (κ1) is 21.6. The number of aliphatic imine (C=N–C) groups is 1. The van der Waals surface area contributed by atoms with Crippen LogP contribution in [0.4, 0.5) is 0 Å². The first-order valence-electron chi connectivity index (χ1n) is 10.4. The smallest absolute Gasteiger partial charge is 0.237 e. The molecule has 2 fully saturated rings. The quantitative estimate of drug-likeness (QED) is 0.205. The summed E-state index contributed by atoms with van der Waals surface area (Å²) in [6.45, 7) is 1.89. The first-order valence-corrected chi connectivity index (χ1v) is 10.4. The van der Waals surface area contributed by atoms with Gasteiger partial charge in [-0.1, -0.05) is 19.3 Å². The van der Waals surface area contributed by atoms with Gasteiger partial charge < -0.3 is 22.5 Å². The molecule has 0 radical (unpaired) electrons. The number of nitrogens with zero attached hydrogens (tertiary/aromatic N) is 2. The van der Waals surface area contributed by atoms with Crippen molar-refractivity contribution in [2.75, 3.05) is 19.6 Å². The molecule has 0 aromatic heterocycles. The van der Waals surface area contributed by atoms with Crippen LogP contribution in [0.5, 0.6) is 0 Å². The fraction of sp³-hybridized carbons (Fsp3) is 0.842. The number of carbonyl (C=O) groups excluding carboxylic acids is 2. The molecule has 2 aliphatic rings. The number of ketones is 1. The molecule has 8 nitrogen and oxygen atoms in total. The van der Waals surface area contributed by atoms with E-state index in [2.05, 4.69) is 15.2 Å². The summed E-state index contributed by atoms with van der Waals surface area (Å²) in [7, 11) is 0. The molecule has 1 saturated heterocycles. The Bertz CT molecular complexity index is 516. The summed E-state index contributed by atoms with van der Waals surface area (Å²) >= 11 is 0. The maximum absolute atomic E-state index is 12.6. The van der Waals surface area contributed by atoms with Crippen molar-refractivity contribution in [3.63, 3.8) is 0 Å². The third-order valence-corrected chi connectivity index (χ3v) is 5.37. The highest BCUT2D eigenvalue weighted by Gasteiger charge is 2.43. The van der Waals surface area contributed by atoms with Crippen molar-refractivity contribution in [3.05, 3.63) is 0 Å². The molecular formula is C19H36N6O2. The van der Waals surface area contributed by atoms with Gasteiger partial charge in [-0.05, 0) is 45.1 Å². The third-order valence-electron chi connectivity index (χ3n) is 5.37. The molecule has 0 spiro atoms. The number of nitrogens with two attached hydrogens (primary N) is 3. The summed E-state index contributed by atoms with van der Waals surface area (Å²) in [4.78, 5) is 31.4. The molecule has 8 heteroatoms. The average molecular weight is 381 g/mol.